The molecule has 6 rings (SSSR count). The highest BCUT2D eigenvalue weighted by atomic mass is 19.4. The molecule has 6 nitrogen and oxygen atoms in total. The van der Waals surface area contributed by atoms with Crippen LogP contribution in [0.2, 0.25) is 0 Å². The van der Waals surface area contributed by atoms with Gasteiger partial charge in [-0.15, -0.1) is 13.2 Å². The Bertz CT molecular complexity index is 1320. The molecule has 2 fully saturated rings. The number of benzene rings is 3. The number of rotatable bonds is 5. The molecule has 3 aromatic carbocycles. The first kappa shape index (κ1) is 25.7. The second-order valence-electron chi connectivity index (χ2n) is 10.5. The number of amides is 1. The Hall–Kier alpha value is -3.56. The van der Waals surface area contributed by atoms with E-state index in [9.17, 15) is 23.1 Å². The Labute approximate surface area is 223 Å². The Morgan fingerprint density at radius 2 is 1.49 bits per heavy atom. The number of alkyl halides is 3. The third kappa shape index (κ3) is 5.08. The average Bonchev–Trinajstić information content (AvgIpc) is 3.21. The number of ether oxygens (including phenoxy) is 3. The lowest BCUT2D eigenvalue weighted by molar-refractivity contribution is -0.275. The van der Waals surface area contributed by atoms with Crippen molar-refractivity contribution in [2.24, 2.45) is 0 Å². The Kier molecular flexibility index (Phi) is 6.51. The average molecular weight is 540 g/mol. The second-order valence-corrected chi connectivity index (χ2v) is 10.5. The fourth-order valence-corrected chi connectivity index (χ4v) is 6.41. The largest absolute Gasteiger partial charge is 0.573 e. The number of aliphatic hydroxyl groups is 1. The predicted octanol–water partition coefficient (Wildman–Crippen LogP) is 5.67. The van der Waals surface area contributed by atoms with Crippen LogP contribution in [0.4, 0.5) is 18.0 Å². The van der Waals surface area contributed by atoms with Crippen LogP contribution in [-0.2, 0) is 15.9 Å². The van der Waals surface area contributed by atoms with Gasteiger partial charge in [0.15, 0.2) is 0 Å². The standard InChI is InChI=1S/C30H28F3NO5/c31-30(32,33)39-27-12-6-1-7-19(27)13-29(36)14-20-16-37-17-21(15-29)34(20)28(35)38-18-26-24-10-4-2-8-22(24)23-9-3-5-11-25(23)26/h1-12,20-21,26,36H,13-18H2. The van der Waals surface area contributed by atoms with Crippen molar-refractivity contribution < 1.29 is 37.3 Å². The van der Waals surface area contributed by atoms with E-state index in [1.807, 2.05) is 24.3 Å². The summed E-state index contributed by atoms with van der Waals surface area (Å²) in [6.45, 7) is 0.601. The highest BCUT2D eigenvalue weighted by molar-refractivity contribution is 5.79. The monoisotopic (exact) mass is 539 g/mol. The number of morpholine rings is 1. The molecule has 3 aliphatic rings. The van der Waals surface area contributed by atoms with E-state index in [1.165, 1.54) is 18.2 Å². The van der Waals surface area contributed by atoms with Crippen LogP contribution in [-0.4, -0.2) is 60.0 Å². The van der Waals surface area contributed by atoms with Crippen molar-refractivity contribution in [3.8, 4) is 16.9 Å². The number of halogens is 3. The maximum Gasteiger partial charge on any atom is 0.573 e. The first-order valence-corrected chi connectivity index (χ1v) is 13.0. The fourth-order valence-electron chi connectivity index (χ4n) is 6.41. The summed E-state index contributed by atoms with van der Waals surface area (Å²) in [5, 5.41) is 11.5. The molecule has 0 saturated carbocycles. The third-order valence-electron chi connectivity index (χ3n) is 7.90. The van der Waals surface area contributed by atoms with Crippen molar-refractivity contribution >= 4 is 6.09 Å². The smallest absolute Gasteiger partial charge is 0.448 e. The predicted molar refractivity (Wildman–Crippen MR) is 136 cm³/mol. The van der Waals surface area contributed by atoms with Crippen LogP contribution in [0.1, 0.15) is 35.4 Å². The van der Waals surface area contributed by atoms with E-state index in [4.69, 9.17) is 9.47 Å². The van der Waals surface area contributed by atoms with Crippen molar-refractivity contribution in [1.82, 2.24) is 4.90 Å². The van der Waals surface area contributed by atoms with E-state index >= 15 is 0 Å². The van der Waals surface area contributed by atoms with Crippen LogP contribution in [0.15, 0.2) is 72.8 Å². The maximum atomic E-state index is 13.4. The molecule has 2 atom stereocenters. The lowest BCUT2D eigenvalue weighted by Crippen LogP contribution is -2.64. The summed E-state index contributed by atoms with van der Waals surface area (Å²) in [4.78, 5) is 15.0. The Morgan fingerprint density at radius 3 is 2.10 bits per heavy atom. The van der Waals surface area contributed by atoms with Gasteiger partial charge in [0, 0.05) is 12.3 Å². The Balaban J connectivity index is 1.16. The molecule has 0 aromatic heterocycles. The minimum Gasteiger partial charge on any atom is -0.448 e. The fraction of sp³-hybridized carbons (Fsp3) is 0.367. The zero-order valence-corrected chi connectivity index (χ0v) is 21.1. The van der Waals surface area contributed by atoms with Crippen LogP contribution < -0.4 is 4.74 Å². The molecule has 2 bridgehead atoms. The molecule has 3 aromatic rings. The van der Waals surface area contributed by atoms with Gasteiger partial charge in [-0.05, 0) is 46.7 Å². The number of fused-ring (bicyclic) bond motifs is 5. The van der Waals surface area contributed by atoms with E-state index in [2.05, 4.69) is 29.0 Å². The van der Waals surface area contributed by atoms with Crippen molar-refractivity contribution in [2.75, 3.05) is 19.8 Å². The SMILES string of the molecule is O=C(OCC1c2ccccc2-c2ccccc21)N1C2COCC1CC(O)(Cc1ccccc1OC(F)(F)F)C2. The van der Waals surface area contributed by atoms with Gasteiger partial charge in [-0.3, -0.25) is 4.90 Å². The van der Waals surface area contributed by atoms with Gasteiger partial charge in [0.1, 0.15) is 12.4 Å². The number of hydrogen-bond acceptors (Lipinski definition) is 5. The van der Waals surface area contributed by atoms with Gasteiger partial charge in [0.05, 0.1) is 30.9 Å². The van der Waals surface area contributed by atoms with Gasteiger partial charge in [0.25, 0.3) is 0 Å². The highest BCUT2D eigenvalue weighted by Gasteiger charge is 2.49. The summed E-state index contributed by atoms with van der Waals surface area (Å²) in [6, 6.07) is 21.1. The first-order valence-electron chi connectivity index (χ1n) is 13.0. The quantitative estimate of drug-likeness (QED) is 0.453. The first-order chi connectivity index (χ1) is 18.7. The number of piperidine rings is 1. The molecule has 204 valence electrons. The lowest BCUT2D eigenvalue weighted by atomic mass is 9.77. The van der Waals surface area contributed by atoms with Crippen LogP contribution in [0.25, 0.3) is 11.1 Å². The molecule has 2 saturated heterocycles. The molecule has 9 heteroatoms. The number of nitrogens with zero attached hydrogens (tertiary/aromatic N) is 1. The van der Waals surface area contributed by atoms with E-state index in [0.717, 1.165) is 22.3 Å². The number of para-hydroxylation sites is 1. The van der Waals surface area contributed by atoms with Crippen molar-refractivity contribution in [1.29, 1.82) is 0 Å². The summed E-state index contributed by atoms with van der Waals surface area (Å²) < 4.78 is 54.5. The molecule has 1 aliphatic carbocycles. The molecule has 39 heavy (non-hydrogen) atoms. The number of carbonyl (C=O) groups is 1. The zero-order valence-electron chi connectivity index (χ0n) is 21.1. The molecular formula is C30H28F3NO5. The summed E-state index contributed by atoms with van der Waals surface area (Å²) in [6.07, 6.45) is -5.05. The van der Waals surface area contributed by atoms with Gasteiger partial charge in [-0.1, -0.05) is 66.7 Å². The normalized spacial score (nSPS) is 24.2. The number of carbonyl (C=O) groups excluding carboxylic acids is 1. The third-order valence-corrected chi connectivity index (χ3v) is 7.90. The lowest BCUT2D eigenvalue weighted by Gasteiger charge is -2.51. The summed E-state index contributed by atoms with van der Waals surface area (Å²) in [5.74, 6) is -0.414. The molecular weight excluding hydrogens is 511 g/mol. The van der Waals surface area contributed by atoms with Crippen LogP contribution in [0, 0.1) is 0 Å². The topological polar surface area (TPSA) is 68.2 Å². The van der Waals surface area contributed by atoms with Crippen LogP contribution >= 0.6 is 0 Å². The van der Waals surface area contributed by atoms with E-state index in [1.54, 1.807) is 11.0 Å². The minimum atomic E-state index is -4.84. The summed E-state index contributed by atoms with van der Waals surface area (Å²) in [5.41, 5.74) is 3.43. The van der Waals surface area contributed by atoms with E-state index in [-0.39, 0.29) is 56.3 Å². The molecule has 2 heterocycles. The number of hydrogen-bond donors (Lipinski definition) is 1. The zero-order chi connectivity index (χ0) is 27.2. The summed E-state index contributed by atoms with van der Waals surface area (Å²) in [7, 11) is 0. The Morgan fingerprint density at radius 1 is 0.923 bits per heavy atom. The van der Waals surface area contributed by atoms with Gasteiger partial charge in [-0.25, -0.2) is 4.79 Å². The van der Waals surface area contributed by atoms with E-state index < -0.39 is 30.1 Å². The van der Waals surface area contributed by atoms with Crippen molar-refractivity contribution in [2.45, 2.75) is 49.2 Å². The molecule has 1 N–H and O–H groups in total. The van der Waals surface area contributed by atoms with Crippen molar-refractivity contribution in [3.63, 3.8) is 0 Å². The van der Waals surface area contributed by atoms with Crippen LogP contribution in [0.5, 0.6) is 5.75 Å². The van der Waals surface area contributed by atoms with Gasteiger partial charge < -0.3 is 19.3 Å². The second kappa shape index (κ2) is 9.88. The van der Waals surface area contributed by atoms with Gasteiger partial charge in [0.2, 0.25) is 0 Å². The van der Waals surface area contributed by atoms with Crippen LogP contribution in [0.3, 0.4) is 0 Å². The molecule has 0 spiro atoms. The highest BCUT2D eigenvalue weighted by Crippen LogP contribution is 2.45. The molecule has 1 amide bonds. The van der Waals surface area contributed by atoms with E-state index in [0.29, 0.717) is 0 Å². The molecule has 0 radical (unpaired) electrons. The molecule has 2 unspecified atom stereocenters. The molecule has 2 aliphatic heterocycles. The summed E-state index contributed by atoms with van der Waals surface area (Å²) >= 11 is 0. The van der Waals surface area contributed by atoms with Crippen molar-refractivity contribution in [3.05, 3.63) is 89.5 Å². The maximum absolute atomic E-state index is 13.4. The minimum absolute atomic E-state index is 0.0369. The van der Waals surface area contributed by atoms with Gasteiger partial charge >= 0.3 is 12.5 Å². The van der Waals surface area contributed by atoms with Gasteiger partial charge in [-0.2, -0.15) is 0 Å².